The van der Waals surface area contributed by atoms with Crippen LogP contribution in [0.3, 0.4) is 0 Å². The number of hydrogen-bond acceptors (Lipinski definition) is 5. The lowest BCUT2D eigenvalue weighted by atomic mass is 10.1. The zero-order chi connectivity index (χ0) is 18.4. The molecular formula is C19H18ClNO3S2. The molecule has 1 aliphatic heterocycles. The lowest BCUT2D eigenvalue weighted by Gasteiger charge is -2.09. The molecule has 1 fully saturated rings. The predicted molar refractivity (Wildman–Crippen MR) is 108 cm³/mol. The van der Waals surface area contributed by atoms with Gasteiger partial charge in [0, 0.05) is 23.1 Å². The number of benzene rings is 2. The summed E-state index contributed by atoms with van der Waals surface area (Å²) in [6.07, 6.45) is 0. The van der Waals surface area contributed by atoms with E-state index in [1.165, 1.54) is 5.56 Å². The molecule has 1 N–H and O–H groups in total. The van der Waals surface area contributed by atoms with E-state index in [0.717, 1.165) is 17.1 Å². The van der Waals surface area contributed by atoms with Gasteiger partial charge in [-0.2, -0.15) is 0 Å². The maximum Gasteiger partial charge on any atom is 0.338 e. The highest BCUT2D eigenvalue weighted by atomic mass is 35.5. The van der Waals surface area contributed by atoms with Crippen molar-refractivity contribution in [1.82, 2.24) is 5.32 Å². The molecule has 0 unspecified atom stereocenters. The number of esters is 1. The van der Waals surface area contributed by atoms with Crippen LogP contribution in [0.1, 0.15) is 26.1 Å². The molecule has 0 saturated carbocycles. The van der Waals surface area contributed by atoms with Crippen LogP contribution in [-0.2, 0) is 16.1 Å². The summed E-state index contributed by atoms with van der Waals surface area (Å²) >= 11 is 9.65. The lowest BCUT2D eigenvalue weighted by Crippen LogP contribution is -2.28. The molecule has 1 amide bonds. The summed E-state index contributed by atoms with van der Waals surface area (Å²) in [5.41, 5.74) is 2.58. The number of amides is 1. The molecule has 1 heterocycles. The van der Waals surface area contributed by atoms with Crippen LogP contribution in [0.4, 0.5) is 0 Å². The molecule has 136 valence electrons. The van der Waals surface area contributed by atoms with E-state index >= 15 is 0 Å². The summed E-state index contributed by atoms with van der Waals surface area (Å²) in [4.78, 5) is 23.9. The van der Waals surface area contributed by atoms with Gasteiger partial charge in [-0.15, -0.1) is 23.5 Å². The molecule has 0 spiro atoms. The fourth-order valence-corrected chi connectivity index (χ4v) is 5.38. The van der Waals surface area contributed by atoms with Gasteiger partial charge < -0.3 is 10.1 Å². The van der Waals surface area contributed by atoms with Crippen LogP contribution in [-0.4, -0.2) is 30.0 Å². The van der Waals surface area contributed by atoms with Gasteiger partial charge in [-0.3, -0.25) is 4.79 Å². The number of nitrogens with one attached hydrogen (secondary N) is 1. The Morgan fingerprint density at radius 1 is 1.04 bits per heavy atom. The molecule has 26 heavy (non-hydrogen) atoms. The van der Waals surface area contributed by atoms with Crippen molar-refractivity contribution in [3.63, 3.8) is 0 Å². The Labute approximate surface area is 166 Å². The van der Waals surface area contributed by atoms with Gasteiger partial charge in [0.25, 0.3) is 5.91 Å². The minimum Gasteiger partial charge on any atom is -0.452 e. The third-order valence-electron chi connectivity index (χ3n) is 3.78. The quantitative estimate of drug-likeness (QED) is 0.724. The van der Waals surface area contributed by atoms with E-state index in [4.69, 9.17) is 16.3 Å². The first kappa shape index (κ1) is 19.1. The number of carbonyl (C=O) groups excluding carboxylic acids is 2. The van der Waals surface area contributed by atoms with Crippen LogP contribution in [0, 0.1) is 0 Å². The molecule has 0 radical (unpaired) electrons. The first-order chi connectivity index (χ1) is 12.6. The van der Waals surface area contributed by atoms with Crippen molar-refractivity contribution in [2.24, 2.45) is 0 Å². The van der Waals surface area contributed by atoms with Crippen molar-refractivity contribution in [3.05, 3.63) is 70.2 Å². The molecule has 3 rings (SSSR count). The van der Waals surface area contributed by atoms with Gasteiger partial charge in [0.15, 0.2) is 6.61 Å². The molecular weight excluding hydrogens is 390 g/mol. The summed E-state index contributed by atoms with van der Waals surface area (Å²) in [5.74, 6) is 1.47. The van der Waals surface area contributed by atoms with E-state index < -0.39 is 5.97 Å². The summed E-state index contributed by atoms with van der Waals surface area (Å²) in [6.45, 7) is 0.0570. The first-order valence-corrected chi connectivity index (χ1v) is 10.6. The Bertz CT molecular complexity index is 759. The second-order valence-electron chi connectivity index (χ2n) is 5.67. The van der Waals surface area contributed by atoms with Crippen LogP contribution in [0.2, 0.25) is 5.02 Å². The van der Waals surface area contributed by atoms with Crippen molar-refractivity contribution in [2.75, 3.05) is 18.1 Å². The lowest BCUT2D eigenvalue weighted by molar-refractivity contribution is -0.124. The molecule has 7 heteroatoms. The standard InChI is InChI=1S/C19H18ClNO3S2/c20-16-7-1-13(2-8-16)11-21-17(22)12-24-18(23)14-3-5-15(6-4-14)19-25-9-10-26-19/h1-8,19H,9-12H2,(H,21,22). The van der Waals surface area contributed by atoms with Crippen LogP contribution in [0.15, 0.2) is 48.5 Å². The van der Waals surface area contributed by atoms with Crippen molar-refractivity contribution < 1.29 is 14.3 Å². The molecule has 4 nitrogen and oxygen atoms in total. The maximum absolute atomic E-state index is 12.1. The molecule has 0 bridgehead atoms. The average Bonchev–Trinajstić information content (AvgIpc) is 3.20. The van der Waals surface area contributed by atoms with Gasteiger partial charge in [-0.05, 0) is 35.4 Å². The largest absolute Gasteiger partial charge is 0.452 e. The fourth-order valence-electron chi connectivity index (χ4n) is 2.40. The summed E-state index contributed by atoms with van der Waals surface area (Å²) in [5, 5.41) is 3.35. The molecule has 0 aliphatic carbocycles. The minimum atomic E-state index is -0.495. The summed E-state index contributed by atoms with van der Waals surface area (Å²) in [6, 6.07) is 14.6. The van der Waals surface area contributed by atoms with Gasteiger partial charge in [0.05, 0.1) is 10.1 Å². The topological polar surface area (TPSA) is 55.4 Å². The molecule has 1 aliphatic rings. The normalized spacial score (nSPS) is 14.2. The Balaban J connectivity index is 1.44. The Hall–Kier alpha value is -1.63. The second kappa shape index (κ2) is 9.35. The zero-order valence-corrected chi connectivity index (χ0v) is 16.3. The van der Waals surface area contributed by atoms with Gasteiger partial charge in [-0.25, -0.2) is 4.79 Å². The zero-order valence-electron chi connectivity index (χ0n) is 13.9. The van der Waals surface area contributed by atoms with Crippen LogP contribution < -0.4 is 5.32 Å². The van der Waals surface area contributed by atoms with Crippen LogP contribution >= 0.6 is 35.1 Å². The first-order valence-electron chi connectivity index (χ1n) is 8.13. The Morgan fingerprint density at radius 2 is 1.69 bits per heavy atom. The van der Waals surface area contributed by atoms with E-state index in [-0.39, 0.29) is 12.5 Å². The summed E-state index contributed by atoms with van der Waals surface area (Å²) < 4.78 is 5.52. The van der Waals surface area contributed by atoms with Gasteiger partial charge in [0.2, 0.25) is 0 Å². The smallest absolute Gasteiger partial charge is 0.338 e. The number of hydrogen-bond donors (Lipinski definition) is 1. The number of rotatable bonds is 6. The summed E-state index contributed by atoms with van der Waals surface area (Å²) in [7, 11) is 0. The molecule has 2 aromatic rings. The van der Waals surface area contributed by atoms with E-state index in [9.17, 15) is 9.59 Å². The van der Waals surface area contributed by atoms with E-state index in [1.54, 1.807) is 24.3 Å². The van der Waals surface area contributed by atoms with E-state index in [2.05, 4.69) is 5.32 Å². The molecule has 2 aromatic carbocycles. The van der Waals surface area contributed by atoms with E-state index in [0.29, 0.717) is 21.7 Å². The number of carbonyl (C=O) groups is 2. The number of halogens is 1. The highest BCUT2D eigenvalue weighted by Crippen LogP contribution is 2.45. The number of thioether (sulfide) groups is 2. The Morgan fingerprint density at radius 3 is 2.35 bits per heavy atom. The SMILES string of the molecule is O=C(COC(=O)c1ccc(C2SCCS2)cc1)NCc1ccc(Cl)cc1. The number of ether oxygens (including phenoxy) is 1. The fraction of sp³-hybridized carbons (Fsp3) is 0.263. The van der Waals surface area contributed by atoms with E-state index in [1.807, 2.05) is 47.8 Å². The third kappa shape index (κ3) is 5.43. The van der Waals surface area contributed by atoms with Crippen molar-refractivity contribution in [2.45, 2.75) is 11.1 Å². The maximum atomic E-state index is 12.1. The molecule has 0 atom stereocenters. The second-order valence-corrected chi connectivity index (χ2v) is 8.84. The van der Waals surface area contributed by atoms with Crippen LogP contribution in [0.5, 0.6) is 0 Å². The third-order valence-corrected chi connectivity index (χ3v) is 7.13. The Kier molecular flexibility index (Phi) is 6.88. The highest BCUT2D eigenvalue weighted by Gasteiger charge is 2.18. The van der Waals surface area contributed by atoms with Crippen molar-refractivity contribution in [1.29, 1.82) is 0 Å². The molecule has 0 aromatic heterocycles. The van der Waals surface area contributed by atoms with Crippen LogP contribution in [0.25, 0.3) is 0 Å². The molecule has 1 saturated heterocycles. The van der Waals surface area contributed by atoms with Gasteiger partial charge >= 0.3 is 5.97 Å². The van der Waals surface area contributed by atoms with Crippen molar-refractivity contribution >= 4 is 47.0 Å². The average molecular weight is 408 g/mol. The minimum absolute atomic E-state index is 0.303. The van der Waals surface area contributed by atoms with Gasteiger partial charge in [0.1, 0.15) is 0 Å². The highest BCUT2D eigenvalue weighted by molar-refractivity contribution is 8.19. The predicted octanol–water partition coefficient (Wildman–Crippen LogP) is 4.29. The van der Waals surface area contributed by atoms with Gasteiger partial charge in [-0.1, -0.05) is 35.9 Å². The monoisotopic (exact) mass is 407 g/mol. The van der Waals surface area contributed by atoms with Crippen molar-refractivity contribution in [3.8, 4) is 0 Å².